The van der Waals surface area contributed by atoms with Gasteiger partial charge >= 0.3 is 6.18 Å². The molecule has 2 N–H and O–H groups in total. The van der Waals surface area contributed by atoms with Crippen LogP contribution in [0.2, 0.25) is 0 Å². The molecular formula is C20H22F4N2O3. The van der Waals surface area contributed by atoms with Gasteiger partial charge in [-0.3, -0.25) is 9.69 Å². The van der Waals surface area contributed by atoms with E-state index in [9.17, 15) is 27.5 Å². The molecule has 9 heteroatoms. The van der Waals surface area contributed by atoms with Gasteiger partial charge in [0, 0.05) is 6.54 Å². The van der Waals surface area contributed by atoms with Crippen molar-refractivity contribution >= 4 is 11.6 Å². The van der Waals surface area contributed by atoms with Gasteiger partial charge in [-0.15, -0.1) is 0 Å². The average molecular weight is 414 g/mol. The second-order valence-corrected chi connectivity index (χ2v) is 6.34. The molecule has 29 heavy (non-hydrogen) atoms. The topological polar surface area (TPSA) is 61.8 Å². The van der Waals surface area contributed by atoms with Crippen molar-refractivity contribution in [2.24, 2.45) is 0 Å². The van der Waals surface area contributed by atoms with E-state index in [1.807, 2.05) is 0 Å². The molecule has 0 saturated heterocycles. The number of likely N-dealkylation sites (N-methyl/N-ethyl adjacent to an activating group) is 1. The number of nitrogens with one attached hydrogen (secondary N) is 1. The fourth-order valence-electron chi connectivity index (χ4n) is 2.61. The van der Waals surface area contributed by atoms with Gasteiger partial charge in [0.15, 0.2) is 0 Å². The van der Waals surface area contributed by atoms with Crippen LogP contribution < -0.4 is 10.1 Å². The van der Waals surface area contributed by atoms with Gasteiger partial charge in [-0.05, 0) is 42.9 Å². The highest BCUT2D eigenvalue weighted by Gasteiger charge is 2.33. The van der Waals surface area contributed by atoms with E-state index in [0.29, 0.717) is 12.3 Å². The minimum absolute atomic E-state index is 0.0754. The first-order chi connectivity index (χ1) is 13.7. The average Bonchev–Trinajstić information content (AvgIpc) is 2.66. The van der Waals surface area contributed by atoms with Crippen molar-refractivity contribution in [2.45, 2.75) is 19.2 Å². The second-order valence-electron chi connectivity index (χ2n) is 6.34. The van der Waals surface area contributed by atoms with Crippen molar-refractivity contribution in [1.29, 1.82) is 0 Å². The number of alkyl halides is 3. The SMILES string of the molecule is CCN(CC(=O)Nc1ccccc1C(F)(F)F)CC(O)COc1ccc(F)cc1. The summed E-state index contributed by atoms with van der Waals surface area (Å²) in [5.41, 5.74) is -1.25. The highest BCUT2D eigenvalue weighted by Crippen LogP contribution is 2.34. The van der Waals surface area contributed by atoms with Crippen LogP contribution in [0.15, 0.2) is 48.5 Å². The quantitative estimate of drug-likeness (QED) is 0.617. The molecule has 1 atom stereocenters. The zero-order valence-electron chi connectivity index (χ0n) is 15.7. The predicted octanol–water partition coefficient (Wildman–Crippen LogP) is 3.54. The zero-order chi connectivity index (χ0) is 21.4. The third-order valence-electron chi connectivity index (χ3n) is 4.05. The van der Waals surface area contributed by atoms with E-state index < -0.39 is 29.6 Å². The van der Waals surface area contributed by atoms with E-state index in [1.165, 1.54) is 42.5 Å². The Morgan fingerprint density at radius 3 is 2.45 bits per heavy atom. The molecule has 2 aromatic carbocycles. The number of hydrogen-bond acceptors (Lipinski definition) is 4. The highest BCUT2D eigenvalue weighted by molar-refractivity contribution is 5.93. The summed E-state index contributed by atoms with van der Waals surface area (Å²) in [5.74, 6) is -0.654. The summed E-state index contributed by atoms with van der Waals surface area (Å²) in [4.78, 5) is 13.8. The molecule has 1 amide bonds. The fraction of sp³-hybridized carbons (Fsp3) is 0.350. The van der Waals surface area contributed by atoms with Crippen molar-refractivity contribution in [3.8, 4) is 5.75 Å². The van der Waals surface area contributed by atoms with Gasteiger partial charge in [-0.2, -0.15) is 13.2 Å². The Morgan fingerprint density at radius 1 is 1.17 bits per heavy atom. The first kappa shape index (κ1) is 22.6. The Bertz CT molecular complexity index is 797. The summed E-state index contributed by atoms with van der Waals surface area (Å²) in [7, 11) is 0. The van der Waals surface area contributed by atoms with Crippen LogP contribution >= 0.6 is 0 Å². The third kappa shape index (κ3) is 7.35. The maximum Gasteiger partial charge on any atom is 0.418 e. The van der Waals surface area contributed by atoms with Gasteiger partial charge in [0.2, 0.25) is 5.91 Å². The van der Waals surface area contributed by atoms with Crippen LogP contribution in [0, 0.1) is 5.82 Å². The number of halogens is 4. The number of carbonyl (C=O) groups is 1. The molecule has 0 aliphatic heterocycles. The van der Waals surface area contributed by atoms with E-state index in [-0.39, 0.29) is 25.4 Å². The largest absolute Gasteiger partial charge is 0.491 e. The van der Waals surface area contributed by atoms with Crippen LogP contribution in [0.4, 0.5) is 23.2 Å². The number of para-hydroxylation sites is 1. The molecular weight excluding hydrogens is 392 g/mol. The molecule has 0 radical (unpaired) electrons. The highest BCUT2D eigenvalue weighted by atomic mass is 19.4. The second kappa shape index (κ2) is 10.2. The van der Waals surface area contributed by atoms with Crippen molar-refractivity contribution in [2.75, 3.05) is 31.6 Å². The van der Waals surface area contributed by atoms with Crippen molar-refractivity contribution in [3.05, 3.63) is 59.9 Å². The lowest BCUT2D eigenvalue weighted by atomic mass is 10.1. The van der Waals surface area contributed by atoms with Crippen molar-refractivity contribution in [1.82, 2.24) is 4.90 Å². The fourth-order valence-corrected chi connectivity index (χ4v) is 2.61. The first-order valence-electron chi connectivity index (χ1n) is 8.94. The molecule has 158 valence electrons. The van der Waals surface area contributed by atoms with Crippen LogP contribution in [0.5, 0.6) is 5.75 Å². The Balaban J connectivity index is 1.87. The van der Waals surface area contributed by atoms with Crippen LogP contribution in [0.3, 0.4) is 0 Å². The van der Waals surface area contributed by atoms with Crippen molar-refractivity contribution in [3.63, 3.8) is 0 Å². The molecule has 2 rings (SSSR count). The van der Waals surface area contributed by atoms with Crippen LogP contribution in [-0.4, -0.2) is 48.3 Å². The molecule has 0 bridgehead atoms. The number of carbonyl (C=O) groups excluding carboxylic acids is 1. The molecule has 1 unspecified atom stereocenters. The zero-order valence-corrected chi connectivity index (χ0v) is 15.7. The lowest BCUT2D eigenvalue weighted by Crippen LogP contribution is -2.40. The Kier molecular flexibility index (Phi) is 7.98. The number of aliphatic hydroxyl groups is 1. The van der Waals surface area contributed by atoms with Gasteiger partial charge in [0.05, 0.1) is 17.8 Å². The van der Waals surface area contributed by atoms with E-state index in [4.69, 9.17) is 4.74 Å². The van der Waals surface area contributed by atoms with Crippen LogP contribution in [0.1, 0.15) is 12.5 Å². The number of anilines is 1. The van der Waals surface area contributed by atoms with E-state index in [2.05, 4.69) is 5.32 Å². The maximum absolute atomic E-state index is 13.0. The van der Waals surface area contributed by atoms with Gasteiger partial charge in [-0.1, -0.05) is 19.1 Å². The molecule has 0 heterocycles. The van der Waals surface area contributed by atoms with Gasteiger partial charge in [-0.25, -0.2) is 4.39 Å². The van der Waals surface area contributed by atoms with Crippen LogP contribution in [0.25, 0.3) is 0 Å². The third-order valence-corrected chi connectivity index (χ3v) is 4.05. The number of hydrogen-bond donors (Lipinski definition) is 2. The predicted molar refractivity (Wildman–Crippen MR) is 100 cm³/mol. The number of rotatable bonds is 9. The standard InChI is InChI=1S/C20H22F4N2O3/c1-2-26(11-15(27)13-29-16-9-7-14(21)8-10-16)12-19(28)25-18-6-4-3-5-17(18)20(22,23)24/h3-10,15,27H,2,11-13H2,1H3,(H,25,28). The molecule has 0 aliphatic rings. The lowest BCUT2D eigenvalue weighted by molar-refractivity contribution is -0.137. The minimum Gasteiger partial charge on any atom is -0.491 e. The normalized spacial score (nSPS) is 12.7. The lowest BCUT2D eigenvalue weighted by Gasteiger charge is -2.23. The molecule has 0 saturated carbocycles. The van der Waals surface area contributed by atoms with Gasteiger partial charge < -0.3 is 15.2 Å². The Hall–Kier alpha value is -2.65. The molecule has 5 nitrogen and oxygen atoms in total. The summed E-state index contributed by atoms with van der Waals surface area (Å²) < 4.78 is 57.3. The summed E-state index contributed by atoms with van der Waals surface area (Å²) >= 11 is 0. The number of benzene rings is 2. The van der Waals surface area contributed by atoms with Gasteiger partial charge in [0.1, 0.15) is 24.3 Å². The minimum atomic E-state index is -4.58. The number of nitrogens with zero attached hydrogens (tertiary/aromatic N) is 1. The number of ether oxygens (including phenoxy) is 1. The van der Waals surface area contributed by atoms with Crippen molar-refractivity contribution < 1.29 is 32.2 Å². The smallest absolute Gasteiger partial charge is 0.418 e. The maximum atomic E-state index is 13.0. The van der Waals surface area contributed by atoms with E-state index >= 15 is 0 Å². The number of amides is 1. The summed E-state index contributed by atoms with van der Waals surface area (Å²) in [6.07, 6.45) is -5.53. The summed E-state index contributed by atoms with van der Waals surface area (Å²) in [6, 6.07) is 10.0. The first-order valence-corrected chi connectivity index (χ1v) is 8.94. The number of aliphatic hydroxyl groups excluding tert-OH is 1. The molecule has 0 aromatic heterocycles. The molecule has 0 fully saturated rings. The summed E-state index contributed by atoms with van der Waals surface area (Å²) in [6.45, 7) is 1.94. The summed E-state index contributed by atoms with van der Waals surface area (Å²) in [5, 5.41) is 12.4. The molecule has 0 spiro atoms. The van der Waals surface area contributed by atoms with Crippen LogP contribution in [-0.2, 0) is 11.0 Å². The Morgan fingerprint density at radius 2 is 1.83 bits per heavy atom. The van der Waals surface area contributed by atoms with E-state index in [0.717, 1.165) is 6.07 Å². The Labute approximate surface area is 165 Å². The molecule has 0 aliphatic carbocycles. The molecule has 2 aromatic rings. The van der Waals surface area contributed by atoms with E-state index in [1.54, 1.807) is 11.8 Å². The monoisotopic (exact) mass is 414 g/mol. The van der Waals surface area contributed by atoms with Gasteiger partial charge in [0.25, 0.3) is 0 Å².